The van der Waals surface area contributed by atoms with Gasteiger partial charge in [-0.2, -0.15) is 5.10 Å². The number of hydrazone groups is 1. The fourth-order valence-electron chi connectivity index (χ4n) is 1.19. The molecule has 0 amide bonds. The zero-order chi connectivity index (χ0) is 8.81. The summed E-state index contributed by atoms with van der Waals surface area (Å²) >= 11 is 0. The first-order valence-electron chi connectivity index (χ1n) is 4.46. The quantitative estimate of drug-likeness (QED) is 0.484. The van der Waals surface area contributed by atoms with Crippen molar-refractivity contribution in [1.29, 1.82) is 0 Å². The minimum absolute atomic E-state index is 0.543. The third kappa shape index (κ3) is 3.05. The van der Waals surface area contributed by atoms with Crippen LogP contribution in [0.3, 0.4) is 0 Å². The maximum absolute atomic E-state index is 4.19. The van der Waals surface area contributed by atoms with Crippen molar-refractivity contribution < 1.29 is 0 Å². The van der Waals surface area contributed by atoms with Crippen LogP contribution >= 0.6 is 0 Å². The number of nitrogens with zero attached hydrogens (tertiary/aromatic N) is 1. The van der Waals surface area contributed by atoms with Gasteiger partial charge in [-0.1, -0.05) is 6.58 Å². The summed E-state index contributed by atoms with van der Waals surface area (Å²) in [6, 6.07) is 0.543. The van der Waals surface area contributed by atoms with Crippen molar-refractivity contribution in [2.45, 2.75) is 25.8 Å². The van der Waals surface area contributed by atoms with Crippen LogP contribution in [0.5, 0.6) is 0 Å². The van der Waals surface area contributed by atoms with Crippen LogP contribution in [0.15, 0.2) is 17.8 Å². The molecule has 0 atom stereocenters. The van der Waals surface area contributed by atoms with Crippen LogP contribution in [0.4, 0.5) is 0 Å². The average Bonchev–Trinajstić information content (AvgIpc) is 2.16. The standard InChI is InChI=1S/C9H17N3/c1-3-8(2)11-12-9-4-6-10-7-5-9/h3,9-10,12H,1,4-7H2,2H3/b11-8+. The molecule has 0 unspecified atom stereocenters. The van der Waals surface area contributed by atoms with Gasteiger partial charge in [0, 0.05) is 6.04 Å². The SMILES string of the molecule is C=C/C(C)=N/NC1CCNCC1. The van der Waals surface area contributed by atoms with Gasteiger partial charge in [-0.25, -0.2) is 0 Å². The Morgan fingerprint density at radius 1 is 1.58 bits per heavy atom. The van der Waals surface area contributed by atoms with Gasteiger partial charge in [0.15, 0.2) is 0 Å². The Kier molecular flexibility index (Phi) is 3.80. The number of hydrogen-bond donors (Lipinski definition) is 2. The van der Waals surface area contributed by atoms with Gasteiger partial charge in [0.2, 0.25) is 0 Å². The minimum Gasteiger partial charge on any atom is -0.317 e. The maximum Gasteiger partial charge on any atom is 0.0566 e. The van der Waals surface area contributed by atoms with Gasteiger partial charge in [0.25, 0.3) is 0 Å². The number of nitrogens with one attached hydrogen (secondary N) is 2. The molecule has 2 N–H and O–H groups in total. The van der Waals surface area contributed by atoms with Gasteiger partial charge >= 0.3 is 0 Å². The second-order valence-corrected chi connectivity index (χ2v) is 3.11. The lowest BCUT2D eigenvalue weighted by atomic mass is 10.1. The molecule has 1 aliphatic heterocycles. The summed E-state index contributed by atoms with van der Waals surface area (Å²) < 4.78 is 0. The molecule has 1 rings (SSSR count). The molecule has 0 aromatic carbocycles. The van der Waals surface area contributed by atoms with Gasteiger partial charge < -0.3 is 10.7 Å². The Labute approximate surface area is 73.9 Å². The second kappa shape index (κ2) is 4.93. The van der Waals surface area contributed by atoms with E-state index in [4.69, 9.17) is 0 Å². The second-order valence-electron chi connectivity index (χ2n) is 3.11. The lowest BCUT2D eigenvalue weighted by Gasteiger charge is -2.22. The van der Waals surface area contributed by atoms with Crippen LogP contribution < -0.4 is 10.7 Å². The molecule has 1 aliphatic rings. The highest BCUT2D eigenvalue weighted by atomic mass is 15.3. The molecule has 12 heavy (non-hydrogen) atoms. The number of hydrogen-bond acceptors (Lipinski definition) is 3. The summed E-state index contributed by atoms with van der Waals surface area (Å²) in [6.45, 7) is 7.78. The van der Waals surface area contributed by atoms with Gasteiger partial charge in [0.1, 0.15) is 0 Å². The maximum atomic E-state index is 4.19. The molecule has 1 saturated heterocycles. The lowest BCUT2D eigenvalue weighted by Crippen LogP contribution is -2.37. The van der Waals surface area contributed by atoms with Crippen LogP contribution in [-0.2, 0) is 0 Å². The minimum atomic E-state index is 0.543. The molecule has 3 nitrogen and oxygen atoms in total. The highest BCUT2D eigenvalue weighted by Crippen LogP contribution is 2.01. The van der Waals surface area contributed by atoms with Gasteiger partial charge in [-0.05, 0) is 38.9 Å². The number of allylic oxidation sites excluding steroid dienone is 1. The molecule has 0 radical (unpaired) electrons. The van der Waals surface area contributed by atoms with E-state index in [0.29, 0.717) is 6.04 Å². The zero-order valence-corrected chi connectivity index (χ0v) is 7.64. The van der Waals surface area contributed by atoms with Crippen LogP contribution in [0.25, 0.3) is 0 Å². The highest BCUT2D eigenvalue weighted by Gasteiger charge is 2.10. The molecule has 0 spiro atoms. The van der Waals surface area contributed by atoms with Crippen molar-refractivity contribution >= 4 is 5.71 Å². The average molecular weight is 167 g/mol. The molecule has 0 bridgehead atoms. The van der Waals surface area contributed by atoms with Crippen molar-refractivity contribution in [1.82, 2.24) is 10.7 Å². The van der Waals surface area contributed by atoms with Crippen LogP contribution in [0, 0.1) is 0 Å². The molecular formula is C9H17N3. The van der Waals surface area contributed by atoms with E-state index < -0.39 is 0 Å². The molecular weight excluding hydrogens is 150 g/mol. The van der Waals surface area contributed by atoms with E-state index >= 15 is 0 Å². The molecule has 3 heteroatoms. The largest absolute Gasteiger partial charge is 0.317 e. The van der Waals surface area contributed by atoms with Crippen LogP contribution in [0.2, 0.25) is 0 Å². The molecule has 1 heterocycles. The Hall–Kier alpha value is -0.830. The van der Waals surface area contributed by atoms with Crippen molar-refractivity contribution in [2.24, 2.45) is 5.10 Å². The summed E-state index contributed by atoms with van der Waals surface area (Å²) in [6.07, 6.45) is 4.08. The summed E-state index contributed by atoms with van der Waals surface area (Å²) in [5, 5.41) is 7.49. The van der Waals surface area contributed by atoms with Crippen molar-refractivity contribution in [3.63, 3.8) is 0 Å². The summed E-state index contributed by atoms with van der Waals surface area (Å²) in [5.41, 5.74) is 4.10. The van der Waals surface area contributed by atoms with Crippen molar-refractivity contribution in [3.05, 3.63) is 12.7 Å². The Bertz CT molecular complexity index is 169. The van der Waals surface area contributed by atoms with E-state index in [-0.39, 0.29) is 0 Å². The van der Waals surface area contributed by atoms with Crippen LogP contribution in [-0.4, -0.2) is 24.8 Å². The normalized spacial score (nSPS) is 20.6. The van der Waals surface area contributed by atoms with E-state index in [9.17, 15) is 0 Å². The van der Waals surface area contributed by atoms with Gasteiger partial charge in [-0.3, -0.25) is 0 Å². The first-order valence-corrected chi connectivity index (χ1v) is 4.46. The molecule has 0 aromatic heterocycles. The van der Waals surface area contributed by atoms with E-state index in [0.717, 1.165) is 31.6 Å². The van der Waals surface area contributed by atoms with E-state index in [1.165, 1.54) is 0 Å². The predicted octanol–water partition coefficient (Wildman–Crippen LogP) is 0.890. The Morgan fingerprint density at radius 3 is 2.83 bits per heavy atom. The van der Waals surface area contributed by atoms with E-state index in [1.807, 2.05) is 6.92 Å². The lowest BCUT2D eigenvalue weighted by molar-refractivity contribution is 0.395. The van der Waals surface area contributed by atoms with Gasteiger partial charge in [0.05, 0.1) is 5.71 Å². The summed E-state index contributed by atoms with van der Waals surface area (Å²) in [5.74, 6) is 0. The molecule has 0 aromatic rings. The molecule has 68 valence electrons. The van der Waals surface area contributed by atoms with Gasteiger partial charge in [-0.15, -0.1) is 0 Å². The number of piperidine rings is 1. The van der Waals surface area contributed by atoms with E-state index in [1.54, 1.807) is 6.08 Å². The summed E-state index contributed by atoms with van der Waals surface area (Å²) in [4.78, 5) is 0. The van der Waals surface area contributed by atoms with Crippen molar-refractivity contribution in [3.8, 4) is 0 Å². The third-order valence-electron chi connectivity index (χ3n) is 2.06. The Morgan fingerprint density at radius 2 is 2.25 bits per heavy atom. The highest BCUT2D eigenvalue weighted by molar-refractivity contribution is 5.91. The topological polar surface area (TPSA) is 36.4 Å². The molecule has 0 saturated carbocycles. The monoisotopic (exact) mass is 167 g/mol. The first-order chi connectivity index (χ1) is 5.83. The van der Waals surface area contributed by atoms with E-state index in [2.05, 4.69) is 22.4 Å². The van der Waals surface area contributed by atoms with Crippen molar-refractivity contribution in [2.75, 3.05) is 13.1 Å². The fraction of sp³-hybridized carbons (Fsp3) is 0.667. The zero-order valence-electron chi connectivity index (χ0n) is 7.64. The fourth-order valence-corrected chi connectivity index (χ4v) is 1.19. The smallest absolute Gasteiger partial charge is 0.0566 e. The third-order valence-corrected chi connectivity index (χ3v) is 2.06. The molecule has 0 aliphatic carbocycles. The Balaban J connectivity index is 2.25. The summed E-state index contributed by atoms with van der Waals surface area (Å²) in [7, 11) is 0. The number of rotatable bonds is 3. The van der Waals surface area contributed by atoms with Crippen LogP contribution in [0.1, 0.15) is 19.8 Å². The molecule has 1 fully saturated rings. The first kappa shape index (κ1) is 9.26. The predicted molar refractivity (Wildman–Crippen MR) is 52.3 cm³/mol.